The molecule has 0 spiro atoms. The van der Waals surface area contributed by atoms with Crippen LogP contribution in [0.1, 0.15) is 4.88 Å². The van der Waals surface area contributed by atoms with E-state index in [9.17, 15) is 4.79 Å². The zero-order chi connectivity index (χ0) is 10.5. The Kier molecular flexibility index (Phi) is 3.05. The lowest BCUT2D eigenvalue weighted by atomic mass is 10.2. The van der Waals surface area contributed by atoms with Crippen molar-refractivity contribution in [3.63, 3.8) is 0 Å². The van der Waals surface area contributed by atoms with E-state index in [1.807, 2.05) is 29.6 Å². The molecule has 0 radical (unpaired) electrons. The van der Waals surface area contributed by atoms with Crippen molar-refractivity contribution in [2.75, 3.05) is 0 Å². The van der Waals surface area contributed by atoms with Gasteiger partial charge in [0, 0.05) is 22.0 Å². The van der Waals surface area contributed by atoms with Crippen LogP contribution in [-0.4, -0.2) is 11.3 Å². The second-order valence-electron chi connectivity index (χ2n) is 2.95. The molecular formula is C12H9NOS. The molecular weight excluding hydrogens is 206 g/mol. The van der Waals surface area contributed by atoms with E-state index in [1.54, 1.807) is 23.6 Å². The number of allylic oxidation sites excluding steroid dienone is 1. The Bertz CT molecular complexity index is 473. The first-order chi connectivity index (χ1) is 7.40. The van der Waals surface area contributed by atoms with E-state index in [-0.39, 0.29) is 0 Å². The number of nitrogens with zero attached hydrogens (tertiary/aromatic N) is 1. The summed E-state index contributed by atoms with van der Waals surface area (Å²) in [6.45, 7) is 0. The van der Waals surface area contributed by atoms with E-state index in [1.165, 1.54) is 6.08 Å². The molecule has 0 bridgehead atoms. The van der Waals surface area contributed by atoms with Gasteiger partial charge in [0.25, 0.3) is 0 Å². The highest BCUT2D eigenvalue weighted by Crippen LogP contribution is 2.24. The van der Waals surface area contributed by atoms with Gasteiger partial charge in [0.15, 0.2) is 0 Å². The van der Waals surface area contributed by atoms with Gasteiger partial charge in [-0.1, -0.05) is 6.07 Å². The summed E-state index contributed by atoms with van der Waals surface area (Å²) in [7, 11) is 0. The molecule has 0 aliphatic carbocycles. The Morgan fingerprint density at radius 2 is 2.27 bits per heavy atom. The molecule has 0 unspecified atom stereocenters. The third-order valence-corrected chi connectivity index (χ3v) is 2.82. The molecule has 0 N–H and O–H groups in total. The zero-order valence-electron chi connectivity index (χ0n) is 7.96. The van der Waals surface area contributed by atoms with Crippen molar-refractivity contribution in [2.24, 2.45) is 0 Å². The lowest BCUT2D eigenvalue weighted by Gasteiger charge is -1.93. The van der Waals surface area contributed by atoms with Crippen LogP contribution in [0, 0.1) is 0 Å². The standard InChI is InChI=1S/C12H9NOS/c14-7-3-4-11-8-10(9-15-11)12-5-1-2-6-13-12/h1-9H. The summed E-state index contributed by atoms with van der Waals surface area (Å²) in [5.41, 5.74) is 2.05. The molecule has 0 fully saturated rings. The fourth-order valence-electron chi connectivity index (χ4n) is 1.24. The highest BCUT2D eigenvalue weighted by molar-refractivity contribution is 7.11. The number of aldehydes is 1. The molecule has 2 aromatic heterocycles. The van der Waals surface area contributed by atoms with Gasteiger partial charge in [-0.15, -0.1) is 11.3 Å². The summed E-state index contributed by atoms with van der Waals surface area (Å²) >= 11 is 1.60. The van der Waals surface area contributed by atoms with E-state index in [0.29, 0.717) is 0 Å². The number of hydrogen-bond donors (Lipinski definition) is 0. The third-order valence-electron chi connectivity index (χ3n) is 1.92. The van der Waals surface area contributed by atoms with Crippen molar-refractivity contribution in [1.82, 2.24) is 4.98 Å². The second kappa shape index (κ2) is 4.66. The van der Waals surface area contributed by atoms with Gasteiger partial charge in [0.1, 0.15) is 6.29 Å². The van der Waals surface area contributed by atoms with Gasteiger partial charge in [0.2, 0.25) is 0 Å². The number of pyridine rings is 1. The fourth-order valence-corrected chi connectivity index (χ4v) is 2.05. The molecule has 15 heavy (non-hydrogen) atoms. The number of rotatable bonds is 3. The van der Waals surface area contributed by atoms with E-state index in [4.69, 9.17) is 0 Å². The van der Waals surface area contributed by atoms with Gasteiger partial charge in [-0.2, -0.15) is 0 Å². The van der Waals surface area contributed by atoms with Crippen LogP contribution in [0.25, 0.3) is 17.3 Å². The Labute approximate surface area is 91.9 Å². The summed E-state index contributed by atoms with van der Waals surface area (Å²) < 4.78 is 0. The van der Waals surface area contributed by atoms with E-state index < -0.39 is 0 Å². The van der Waals surface area contributed by atoms with Crippen LogP contribution < -0.4 is 0 Å². The summed E-state index contributed by atoms with van der Waals surface area (Å²) in [5, 5.41) is 2.03. The maximum absolute atomic E-state index is 10.2. The monoisotopic (exact) mass is 215 g/mol. The molecule has 0 atom stereocenters. The van der Waals surface area contributed by atoms with Crippen LogP contribution in [0.3, 0.4) is 0 Å². The minimum Gasteiger partial charge on any atom is -0.299 e. The highest BCUT2D eigenvalue weighted by Gasteiger charge is 2.00. The van der Waals surface area contributed by atoms with E-state index >= 15 is 0 Å². The topological polar surface area (TPSA) is 30.0 Å². The van der Waals surface area contributed by atoms with Gasteiger partial charge < -0.3 is 0 Å². The van der Waals surface area contributed by atoms with Crippen molar-refractivity contribution in [1.29, 1.82) is 0 Å². The molecule has 74 valence electrons. The average molecular weight is 215 g/mol. The van der Waals surface area contributed by atoms with E-state index in [2.05, 4.69) is 4.98 Å². The van der Waals surface area contributed by atoms with Crippen molar-refractivity contribution in [3.05, 3.63) is 46.8 Å². The minimum atomic E-state index is 0.778. The molecule has 0 saturated heterocycles. The molecule has 0 aromatic carbocycles. The SMILES string of the molecule is O=CC=Cc1cc(-c2ccccn2)cs1. The van der Waals surface area contributed by atoms with Crippen molar-refractivity contribution >= 4 is 23.7 Å². The number of carbonyl (C=O) groups is 1. The van der Waals surface area contributed by atoms with Gasteiger partial charge in [-0.05, 0) is 30.4 Å². The largest absolute Gasteiger partial charge is 0.299 e. The first kappa shape index (κ1) is 9.80. The van der Waals surface area contributed by atoms with Crippen molar-refractivity contribution in [2.45, 2.75) is 0 Å². The summed E-state index contributed by atoms with van der Waals surface area (Å²) in [4.78, 5) is 15.5. The van der Waals surface area contributed by atoms with Gasteiger partial charge in [-0.25, -0.2) is 0 Å². The number of carbonyl (C=O) groups excluding carboxylic acids is 1. The molecule has 0 saturated carbocycles. The van der Waals surface area contributed by atoms with Crippen molar-refractivity contribution < 1.29 is 4.79 Å². The van der Waals surface area contributed by atoms with Crippen LogP contribution in [-0.2, 0) is 4.79 Å². The Morgan fingerprint density at radius 3 is 3.00 bits per heavy atom. The maximum Gasteiger partial charge on any atom is 0.142 e. The third kappa shape index (κ3) is 2.39. The number of aromatic nitrogens is 1. The first-order valence-corrected chi connectivity index (χ1v) is 5.40. The van der Waals surface area contributed by atoms with Crippen LogP contribution >= 0.6 is 11.3 Å². The molecule has 2 aromatic rings. The first-order valence-electron chi connectivity index (χ1n) is 4.52. The number of hydrogen-bond acceptors (Lipinski definition) is 3. The lowest BCUT2D eigenvalue weighted by Crippen LogP contribution is -1.77. The smallest absolute Gasteiger partial charge is 0.142 e. The number of thiophene rings is 1. The molecule has 3 heteroatoms. The van der Waals surface area contributed by atoms with E-state index in [0.717, 1.165) is 22.4 Å². The van der Waals surface area contributed by atoms with Gasteiger partial charge in [-0.3, -0.25) is 9.78 Å². The summed E-state index contributed by atoms with van der Waals surface area (Å²) in [6.07, 6.45) is 5.84. The molecule has 2 nitrogen and oxygen atoms in total. The maximum atomic E-state index is 10.2. The average Bonchev–Trinajstić information content (AvgIpc) is 2.76. The normalized spacial score (nSPS) is 10.7. The minimum absolute atomic E-state index is 0.778. The van der Waals surface area contributed by atoms with Crippen LogP contribution in [0.4, 0.5) is 0 Å². The summed E-state index contributed by atoms with van der Waals surface area (Å²) in [6, 6.07) is 7.84. The van der Waals surface area contributed by atoms with Gasteiger partial charge >= 0.3 is 0 Å². The van der Waals surface area contributed by atoms with Crippen LogP contribution in [0.2, 0.25) is 0 Å². The molecule has 0 aliphatic rings. The Morgan fingerprint density at radius 1 is 1.33 bits per heavy atom. The van der Waals surface area contributed by atoms with Gasteiger partial charge in [0.05, 0.1) is 5.69 Å². The summed E-state index contributed by atoms with van der Waals surface area (Å²) in [5.74, 6) is 0. The fraction of sp³-hybridized carbons (Fsp3) is 0. The Hall–Kier alpha value is -1.74. The quantitative estimate of drug-likeness (QED) is 0.582. The predicted molar refractivity (Wildman–Crippen MR) is 62.6 cm³/mol. The highest BCUT2D eigenvalue weighted by atomic mass is 32.1. The van der Waals surface area contributed by atoms with Crippen LogP contribution in [0.5, 0.6) is 0 Å². The zero-order valence-corrected chi connectivity index (χ0v) is 8.78. The molecule has 2 rings (SSSR count). The molecule has 0 amide bonds. The molecule has 0 aliphatic heterocycles. The van der Waals surface area contributed by atoms with Crippen LogP contribution in [0.15, 0.2) is 41.9 Å². The second-order valence-corrected chi connectivity index (χ2v) is 3.89. The lowest BCUT2D eigenvalue weighted by molar-refractivity contribution is -0.104. The Balaban J connectivity index is 2.28. The van der Waals surface area contributed by atoms with Crippen molar-refractivity contribution in [3.8, 4) is 11.3 Å². The molecule has 2 heterocycles. The predicted octanol–water partition coefficient (Wildman–Crippen LogP) is 3.02.